The van der Waals surface area contributed by atoms with E-state index in [1.807, 2.05) is 0 Å². The van der Waals surface area contributed by atoms with Gasteiger partial charge in [-0.2, -0.15) is 0 Å². The molecule has 0 amide bonds. The second-order valence-electron chi connectivity index (χ2n) is 3.10. The summed E-state index contributed by atoms with van der Waals surface area (Å²) in [7, 11) is -5.24. The van der Waals surface area contributed by atoms with E-state index in [1.165, 1.54) is 0 Å². The highest BCUT2D eigenvalue weighted by atomic mass is 31.2. The molecule has 0 fully saturated rings. The average molecular weight is 272 g/mol. The van der Waals surface area contributed by atoms with Gasteiger partial charge < -0.3 is 34.9 Å². The van der Waals surface area contributed by atoms with Gasteiger partial charge in [-0.3, -0.25) is 0 Å². The number of rotatable bonds is 4. The van der Waals surface area contributed by atoms with E-state index in [-0.39, 0.29) is 0 Å². The topological polar surface area (TPSA) is 174 Å². The molecular formula is C6H9O10P. The maximum atomic E-state index is 10.8. The fourth-order valence-electron chi connectivity index (χ4n) is 1.12. The van der Waals surface area contributed by atoms with Crippen molar-refractivity contribution in [2.45, 2.75) is 11.9 Å². The number of hydrogen-bond acceptors (Lipinski definition) is 8. The van der Waals surface area contributed by atoms with Crippen LogP contribution in [0.4, 0.5) is 0 Å². The van der Waals surface area contributed by atoms with E-state index < -0.39 is 43.8 Å². The highest BCUT2D eigenvalue weighted by Gasteiger charge is 2.53. The lowest BCUT2D eigenvalue weighted by Crippen LogP contribution is -2.48. The molecule has 10 nitrogen and oxygen atoms in total. The summed E-state index contributed by atoms with van der Waals surface area (Å²) in [6.45, 7) is -1.41. The van der Waals surface area contributed by atoms with Gasteiger partial charge in [-0.05, 0) is 0 Å². The van der Waals surface area contributed by atoms with Crippen LogP contribution < -0.4 is 0 Å². The Bertz CT molecular complexity index is 409. The number of phosphoric acid groups is 1. The zero-order valence-corrected chi connectivity index (χ0v) is 8.94. The van der Waals surface area contributed by atoms with E-state index in [0.717, 1.165) is 0 Å². The Morgan fingerprint density at radius 2 is 1.94 bits per heavy atom. The van der Waals surface area contributed by atoms with E-state index in [2.05, 4.69) is 9.26 Å². The van der Waals surface area contributed by atoms with Crippen molar-refractivity contribution in [2.75, 3.05) is 6.61 Å². The van der Waals surface area contributed by atoms with Crippen molar-refractivity contribution in [1.29, 1.82) is 0 Å². The number of carbonyl (C=O) groups excluding carboxylic acids is 1. The number of aliphatic hydroxyl groups excluding tert-OH is 3. The Hall–Kier alpha value is -1.16. The predicted molar refractivity (Wildman–Crippen MR) is 47.3 cm³/mol. The number of aliphatic hydroxyl groups is 4. The van der Waals surface area contributed by atoms with Crippen molar-refractivity contribution >= 4 is 13.8 Å². The third-order valence-corrected chi connectivity index (χ3v) is 2.38. The minimum Gasteiger partial charge on any atom is -0.505 e. The van der Waals surface area contributed by atoms with Gasteiger partial charge in [0.15, 0.2) is 5.76 Å². The monoisotopic (exact) mass is 272 g/mol. The van der Waals surface area contributed by atoms with Gasteiger partial charge in [-0.25, -0.2) is 13.9 Å². The first-order valence-electron chi connectivity index (χ1n) is 4.03. The van der Waals surface area contributed by atoms with Crippen molar-refractivity contribution in [3.63, 3.8) is 0 Å². The zero-order valence-electron chi connectivity index (χ0n) is 8.05. The molecule has 1 rings (SSSR count). The molecule has 0 bridgehead atoms. The Kier molecular flexibility index (Phi) is 3.48. The van der Waals surface area contributed by atoms with Gasteiger partial charge in [0.1, 0.15) is 6.61 Å². The van der Waals surface area contributed by atoms with Gasteiger partial charge in [-0.1, -0.05) is 0 Å². The van der Waals surface area contributed by atoms with Gasteiger partial charge >= 0.3 is 13.8 Å². The minimum absolute atomic E-state index is 1.21. The summed E-state index contributed by atoms with van der Waals surface area (Å²) in [4.78, 5) is 27.8. The molecule has 6 N–H and O–H groups in total. The third kappa shape index (κ3) is 2.75. The SMILES string of the molecule is O=C1O[C@H]([C@@](O)(CO)OP(=O)(O)O)C(O)=C1O. The Morgan fingerprint density at radius 3 is 2.24 bits per heavy atom. The standard InChI is InChI=1S/C6H9O10P/c7-1-6(11,16-17(12,13)14)4-2(8)3(9)5(10)15-4/h4,7-9,11H,1H2,(H2,12,13,14)/t4-,6+/m0/s1. The smallest absolute Gasteiger partial charge is 0.472 e. The average Bonchev–Trinajstić information content (AvgIpc) is 2.44. The maximum absolute atomic E-state index is 10.8. The first-order valence-corrected chi connectivity index (χ1v) is 5.56. The van der Waals surface area contributed by atoms with Gasteiger partial charge in [0.05, 0.1) is 0 Å². The van der Waals surface area contributed by atoms with Crippen LogP contribution in [0.1, 0.15) is 0 Å². The normalized spacial score (nSPS) is 24.7. The predicted octanol–water partition coefficient (Wildman–Crippen LogP) is -1.97. The summed E-state index contributed by atoms with van der Waals surface area (Å²) in [5, 5.41) is 36.4. The third-order valence-electron chi connectivity index (χ3n) is 1.82. The van der Waals surface area contributed by atoms with Crippen LogP contribution in [0.5, 0.6) is 0 Å². The molecule has 0 saturated carbocycles. The van der Waals surface area contributed by atoms with Crippen molar-refractivity contribution in [2.24, 2.45) is 0 Å². The molecule has 0 aliphatic carbocycles. The summed E-state index contributed by atoms with van der Waals surface area (Å²) >= 11 is 0. The number of hydrogen-bond donors (Lipinski definition) is 6. The summed E-state index contributed by atoms with van der Waals surface area (Å²) in [5.41, 5.74) is 0. The lowest BCUT2D eigenvalue weighted by molar-refractivity contribution is -0.232. The largest absolute Gasteiger partial charge is 0.505 e. The highest BCUT2D eigenvalue weighted by Crippen LogP contribution is 2.44. The van der Waals surface area contributed by atoms with Crippen LogP contribution in [0.15, 0.2) is 11.5 Å². The summed E-state index contributed by atoms with van der Waals surface area (Å²) in [6, 6.07) is 0. The lowest BCUT2D eigenvalue weighted by atomic mass is 10.1. The number of esters is 1. The van der Waals surface area contributed by atoms with E-state index >= 15 is 0 Å². The minimum atomic E-state index is -5.24. The number of ether oxygens (including phenoxy) is 1. The van der Waals surface area contributed by atoms with E-state index in [9.17, 15) is 19.6 Å². The number of phosphoric ester groups is 1. The molecule has 0 unspecified atom stereocenters. The van der Waals surface area contributed by atoms with Crippen LogP contribution in [0.2, 0.25) is 0 Å². The van der Waals surface area contributed by atoms with Crippen LogP contribution >= 0.6 is 7.82 Å². The van der Waals surface area contributed by atoms with Crippen LogP contribution in [0, 0.1) is 0 Å². The Labute approximate surface area is 93.6 Å². The highest BCUT2D eigenvalue weighted by molar-refractivity contribution is 7.46. The fourth-order valence-corrected chi connectivity index (χ4v) is 1.68. The van der Waals surface area contributed by atoms with Crippen molar-refractivity contribution < 1.29 is 48.8 Å². The van der Waals surface area contributed by atoms with Crippen LogP contribution in [-0.4, -0.2) is 54.7 Å². The van der Waals surface area contributed by atoms with E-state index in [4.69, 9.17) is 20.0 Å². The lowest BCUT2D eigenvalue weighted by Gasteiger charge is -2.29. The van der Waals surface area contributed by atoms with Crippen LogP contribution in [-0.2, 0) is 18.6 Å². The van der Waals surface area contributed by atoms with Gasteiger partial charge in [-0.15, -0.1) is 0 Å². The molecule has 1 heterocycles. The number of carbonyl (C=O) groups is 1. The first-order chi connectivity index (χ1) is 7.60. The van der Waals surface area contributed by atoms with Crippen LogP contribution in [0.25, 0.3) is 0 Å². The Morgan fingerprint density at radius 1 is 1.41 bits per heavy atom. The molecule has 0 aromatic heterocycles. The van der Waals surface area contributed by atoms with Gasteiger partial charge in [0.25, 0.3) is 0 Å². The molecule has 11 heteroatoms. The van der Waals surface area contributed by atoms with Crippen molar-refractivity contribution in [3.05, 3.63) is 11.5 Å². The second-order valence-corrected chi connectivity index (χ2v) is 4.27. The molecule has 1 aliphatic heterocycles. The van der Waals surface area contributed by atoms with Crippen molar-refractivity contribution in [3.8, 4) is 0 Å². The fraction of sp³-hybridized carbons (Fsp3) is 0.500. The summed E-state index contributed by atoms with van der Waals surface area (Å²) in [5.74, 6) is -6.98. The molecule has 1 aliphatic rings. The molecule has 17 heavy (non-hydrogen) atoms. The number of cyclic esters (lactones) is 1. The van der Waals surface area contributed by atoms with Crippen LogP contribution in [0.3, 0.4) is 0 Å². The molecular weight excluding hydrogens is 263 g/mol. The molecule has 98 valence electrons. The molecule has 0 aromatic rings. The summed E-state index contributed by atoms with van der Waals surface area (Å²) in [6.07, 6.45) is -2.15. The second kappa shape index (κ2) is 4.26. The molecule has 0 spiro atoms. The van der Waals surface area contributed by atoms with E-state index in [0.29, 0.717) is 0 Å². The molecule has 0 saturated heterocycles. The van der Waals surface area contributed by atoms with Gasteiger partial charge in [0, 0.05) is 0 Å². The Balaban J connectivity index is 3.05. The molecule has 0 radical (unpaired) electrons. The molecule has 2 atom stereocenters. The molecule has 0 aromatic carbocycles. The first kappa shape index (κ1) is 13.9. The maximum Gasteiger partial charge on any atom is 0.472 e. The van der Waals surface area contributed by atoms with E-state index in [1.54, 1.807) is 0 Å². The zero-order chi connectivity index (χ0) is 13.4. The quantitative estimate of drug-likeness (QED) is 0.191. The van der Waals surface area contributed by atoms with Crippen molar-refractivity contribution in [1.82, 2.24) is 0 Å². The van der Waals surface area contributed by atoms with Gasteiger partial charge in [0.2, 0.25) is 17.7 Å². The summed E-state index contributed by atoms with van der Waals surface area (Å²) < 4.78 is 18.5.